The first-order valence-corrected chi connectivity index (χ1v) is 4.88. The Morgan fingerprint density at radius 1 is 1.29 bits per heavy atom. The topological polar surface area (TPSA) is 82.1 Å². The zero-order valence-electron chi connectivity index (χ0n) is 9.03. The van der Waals surface area contributed by atoms with Crippen LogP contribution in [0.1, 0.15) is 17.3 Å². The normalized spacial score (nSPS) is 10.9. The van der Waals surface area contributed by atoms with Crippen LogP contribution in [0.2, 0.25) is 0 Å². The van der Waals surface area contributed by atoms with Crippen LogP contribution in [0.5, 0.6) is 0 Å². The lowest BCUT2D eigenvalue weighted by molar-refractivity contribution is -0.384. The molecule has 0 spiro atoms. The van der Waals surface area contributed by atoms with Crippen molar-refractivity contribution in [3.05, 3.63) is 51.7 Å². The minimum atomic E-state index is -0.434. The molecule has 86 valence electrons. The molecule has 1 aromatic heterocycles. The highest BCUT2D eigenvalue weighted by atomic mass is 16.6. The zero-order valence-corrected chi connectivity index (χ0v) is 9.03. The van der Waals surface area contributed by atoms with Crippen molar-refractivity contribution < 1.29 is 9.45 Å². The predicted octanol–water partition coefficient (Wildman–Crippen LogP) is 2.46. The summed E-state index contributed by atoms with van der Waals surface area (Å²) in [6.07, 6.45) is 3.44. The fourth-order valence-electron chi connectivity index (χ4n) is 1.26. The van der Waals surface area contributed by atoms with Crippen LogP contribution in [0.25, 0.3) is 12.2 Å². The number of aryl methyl sites for hydroxylation is 1. The Kier molecular flexibility index (Phi) is 2.95. The molecule has 2 aromatic rings. The van der Waals surface area contributed by atoms with E-state index in [1.165, 1.54) is 12.1 Å². The van der Waals surface area contributed by atoms with Gasteiger partial charge in [0.15, 0.2) is 5.82 Å². The fourth-order valence-corrected chi connectivity index (χ4v) is 1.26. The molecule has 0 N–H and O–H groups in total. The second-order valence-corrected chi connectivity index (χ2v) is 3.35. The summed E-state index contributed by atoms with van der Waals surface area (Å²) in [5, 5.41) is 14.1. The SMILES string of the molecule is Cc1nc(/C=C/c2ccc([N+](=O)[O-])cc2)no1. The first-order chi connectivity index (χ1) is 8.15. The Morgan fingerprint density at radius 3 is 2.53 bits per heavy atom. The number of non-ortho nitro benzene ring substituents is 1. The van der Waals surface area contributed by atoms with Gasteiger partial charge in [-0.25, -0.2) is 0 Å². The predicted molar refractivity (Wildman–Crippen MR) is 61.1 cm³/mol. The van der Waals surface area contributed by atoms with Gasteiger partial charge in [-0.05, 0) is 23.8 Å². The van der Waals surface area contributed by atoms with Crippen molar-refractivity contribution in [1.82, 2.24) is 10.1 Å². The van der Waals surface area contributed by atoms with E-state index in [2.05, 4.69) is 10.1 Å². The van der Waals surface area contributed by atoms with E-state index in [9.17, 15) is 10.1 Å². The van der Waals surface area contributed by atoms with Gasteiger partial charge in [-0.3, -0.25) is 10.1 Å². The average molecular weight is 231 g/mol. The summed E-state index contributed by atoms with van der Waals surface area (Å²) in [6.45, 7) is 1.70. The number of nitrogens with zero attached hydrogens (tertiary/aromatic N) is 3. The minimum absolute atomic E-state index is 0.0672. The second kappa shape index (κ2) is 4.56. The molecule has 0 saturated heterocycles. The third kappa shape index (κ3) is 2.75. The Bertz CT molecular complexity index is 558. The minimum Gasteiger partial charge on any atom is -0.339 e. The quantitative estimate of drug-likeness (QED) is 0.598. The molecule has 0 aliphatic rings. The van der Waals surface area contributed by atoms with Gasteiger partial charge in [-0.2, -0.15) is 4.98 Å². The van der Waals surface area contributed by atoms with Gasteiger partial charge in [0.1, 0.15) is 0 Å². The molecule has 0 unspecified atom stereocenters. The molecule has 0 atom stereocenters. The van der Waals surface area contributed by atoms with Gasteiger partial charge in [0, 0.05) is 19.1 Å². The summed E-state index contributed by atoms with van der Waals surface area (Å²) < 4.78 is 4.80. The lowest BCUT2D eigenvalue weighted by Crippen LogP contribution is -1.86. The molecule has 0 aliphatic heterocycles. The zero-order chi connectivity index (χ0) is 12.3. The van der Waals surface area contributed by atoms with Crippen molar-refractivity contribution in [3.63, 3.8) is 0 Å². The van der Waals surface area contributed by atoms with Crippen molar-refractivity contribution in [2.45, 2.75) is 6.92 Å². The van der Waals surface area contributed by atoms with Crippen molar-refractivity contribution in [2.75, 3.05) is 0 Å². The Hall–Kier alpha value is -2.50. The maximum atomic E-state index is 10.4. The molecule has 0 bridgehead atoms. The van der Waals surface area contributed by atoms with E-state index < -0.39 is 4.92 Å². The molecule has 1 heterocycles. The molecule has 17 heavy (non-hydrogen) atoms. The lowest BCUT2D eigenvalue weighted by atomic mass is 10.2. The van der Waals surface area contributed by atoms with Gasteiger partial charge in [-0.15, -0.1) is 0 Å². The van der Waals surface area contributed by atoms with Crippen LogP contribution in [0, 0.1) is 17.0 Å². The molecule has 0 fully saturated rings. The van der Waals surface area contributed by atoms with Gasteiger partial charge in [0.05, 0.1) is 4.92 Å². The van der Waals surface area contributed by atoms with E-state index in [1.807, 2.05) is 0 Å². The Balaban J connectivity index is 2.13. The highest BCUT2D eigenvalue weighted by Gasteiger charge is 2.02. The number of rotatable bonds is 3. The number of nitro benzene ring substituents is 1. The van der Waals surface area contributed by atoms with Crippen molar-refractivity contribution in [2.24, 2.45) is 0 Å². The average Bonchev–Trinajstić information content (AvgIpc) is 2.73. The van der Waals surface area contributed by atoms with E-state index >= 15 is 0 Å². The number of benzene rings is 1. The summed E-state index contributed by atoms with van der Waals surface area (Å²) in [5.41, 5.74) is 0.899. The monoisotopic (exact) mass is 231 g/mol. The van der Waals surface area contributed by atoms with Crippen LogP contribution in [-0.2, 0) is 0 Å². The summed E-state index contributed by atoms with van der Waals surface area (Å²) in [5.74, 6) is 0.967. The maximum absolute atomic E-state index is 10.4. The van der Waals surface area contributed by atoms with Crippen molar-refractivity contribution >= 4 is 17.8 Å². The van der Waals surface area contributed by atoms with Gasteiger partial charge >= 0.3 is 0 Å². The molecule has 6 heteroatoms. The number of nitro groups is 1. The molecule has 6 nitrogen and oxygen atoms in total. The van der Waals surface area contributed by atoms with Crippen LogP contribution >= 0.6 is 0 Å². The highest BCUT2D eigenvalue weighted by molar-refractivity contribution is 5.66. The van der Waals surface area contributed by atoms with Crippen LogP contribution < -0.4 is 0 Å². The summed E-state index contributed by atoms with van der Waals surface area (Å²) in [7, 11) is 0. The Morgan fingerprint density at radius 2 is 2.00 bits per heavy atom. The molecule has 0 radical (unpaired) electrons. The highest BCUT2D eigenvalue weighted by Crippen LogP contribution is 2.13. The van der Waals surface area contributed by atoms with Crippen LogP contribution in [0.15, 0.2) is 28.8 Å². The van der Waals surface area contributed by atoms with E-state index in [0.29, 0.717) is 11.7 Å². The van der Waals surface area contributed by atoms with E-state index in [0.717, 1.165) is 5.56 Å². The van der Waals surface area contributed by atoms with E-state index in [1.54, 1.807) is 31.2 Å². The van der Waals surface area contributed by atoms with Crippen LogP contribution in [0.4, 0.5) is 5.69 Å². The largest absolute Gasteiger partial charge is 0.339 e. The third-order valence-electron chi connectivity index (χ3n) is 2.07. The van der Waals surface area contributed by atoms with Gasteiger partial charge in [0.2, 0.25) is 5.89 Å². The van der Waals surface area contributed by atoms with Gasteiger partial charge < -0.3 is 4.52 Å². The fraction of sp³-hybridized carbons (Fsp3) is 0.0909. The van der Waals surface area contributed by atoms with E-state index in [-0.39, 0.29) is 5.69 Å². The first-order valence-electron chi connectivity index (χ1n) is 4.88. The third-order valence-corrected chi connectivity index (χ3v) is 2.07. The Labute approximate surface area is 96.7 Å². The summed E-state index contributed by atoms with van der Waals surface area (Å²) in [6, 6.07) is 6.20. The number of aromatic nitrogens is 2. The van der Waals surface area contributed by atoms with E-state index in [4.69, 9.17) is 4.52 Å². The molecule has 2 rings (SSSR count). The smallest absolute Gasteiger partial charge is 0.269 e. The molecule has 0 amide bonds. The maximum Gasteiger partial charge on any atom is 0.269 e. The molecular weight excluding hydrogens is 222 g/mol. The second-order valence-electron chi connectivity index (χ2n) is 3.35. The summed E-state index contributed by atoms with van der Waals surface area (Å²) >= 11 is 0. The van der Waals surface area contributed by atoms with Gasteiger partial charge in [0.25, 0.3) is 5.69 Å². The van der Waals surface area contributed by atoms with Gasteiger partial charge in [-0.1, -0.05) is 11.2 Å². The number of hydrogen-bond acceptors (Lipinski definition) is 5. The van der Waals surface area contributed by atoms with Crippen molar-refractivity contribution in [3.8, 4) is 0 Å². The molecule has 0 aliphatic carbocycles. The van der Waals surface area contributed by atoms with Crippen LogP contribution in [0.3, 0.4) is 0 Å². The lowest BCUT2D eigenvalue weighted by Gasteiger charge is -1.92. The number of hydrogen-bond donors (Lipinski definition) is 0. The van der Waals surface area contributed by atoms with Crippen LogP contribution in [-0.4, -0.2) is 15.1 Å². The van der Waals surface area contributed by atoms with Crippen molar-refractivity contribution in [1.29, 1.82) is 0 Å². The summed E-state index contributed by atoms with van der Waals surface area (Å²) in [4.78, 5) is 14.0. The standard InChI is InChI=1S/C11H9N3O3/c1-8-12-11(13-17-8)7-4-9-2-5-10(6-3-9)14(15)16/h2-7H,1H3/b7-4+. The molecule has 1 aromatic carbocycles. The first kappa shape index (κ1) is 11.0. The molecular formula is C11H9N3O3. The molecule has 0 saturated carbocycles.